The van der Waals surface area contributed by atoms with E-state index in [1.165, 1.54) is 23.5 Å². The van der Waals surface area contributed by atoms with Gasteiger partial charge in [0.1, 0.15) is 5.00 Å². The minimum absolute atomic E-state index is 0.131. The zero-order chi connectivity index (χ0) is 24.0. The van der Waals surface area contributed by atoms with E-state index >= 15 is 0 Å². The first-order chi connectivity index (χ1) is 15.7. The Labute approximate surface area is 197 Å². The van der Waals surface area contributed by atoms with Gasteiger partial charge in [0, 0.05) is 4.88 Å². The van der Waals surface area contributed by atoms with E-state index in [0.29, 0.717) is 10.6 Å². The molecule has 0 bridgehead atoms. The molecule has 0 radical (unpaired) electrons. The van der Waals surface area contributed by atoms with Crippen molar-refractivity contribution < 1.29 is 32.3 Å². The van der Waals surface area contributed by atoms with Crippen molar-refractivity contribution in [2.45, 2.75) is 50.8 Å². The highest BCUT2D eigenvalue weighted by Crippen LogP contribution is 2.38. The summed E-state index contributed by atoms with van der Waals surface area (Å²) in [5, 5.41) is 3.04. The number of ether oxygens (including phenoxy) is 2. The summed E-state index contributed by atoms with van der Waals surface area (Å²) >= 11 is 1.34. The molecule has 1 heterocycles. The number of sulfone groups is 1. The van der Waals surface area contributed by atoms with Gasteiger partial charge in [-0.15, -0.1) is 11.3 Å². The molecule has 1 amide bonds. The molecule has 1 N–H and O–H groups in total. The fraction of sp³-hybridized carbons (Fsp3) is 0.435. The molecule has 0 aliphatic heterocycles. The second kappa shape index (κ2) is 10.9. The highest BCUT2D eigenvalue weighted by Gasteiger charge is 2.27. The standard InChI is InChI=1S/C23H27NO7S2/c1-3-30-23(27)21-17-6-4-5-7-18(17)32-22(21)24-19(25)14-31-20(26)12-13-33(28,29)16-10-8-15(2)9-11-16/h8-11H,3-7,12-14H2,1-2H3,(H,24,25). The molecule has 178 valence electrons. The topological polar surface area (TPSA) is 116 Å². The molecule has 0 saturated carbocycles. The van der Waals surface area contributed by atoms with Crippen molar-refractivity contribution in [1.82, 2.24) is 0 Å². The van der Waals surface area contributed by atoms with Crippen LogP contribution in [0.5, 0.6) is 0 Å². The van der Waals surface area contributed by atoms with Crippen LogP contribution in [0.15, 0.2) is 29.2 Å². The van der Waals surface area contributed by atoms with Gasteiger partial charge in [-0.2, -0.15) is 0 Å². The number of aryl methyl sites for hydroxylation is 2. The monoisotopic (exact) mass is 493 g/mol. The molecule has 1 aromatic heterocycles. The van der Waals surface area contributed by atoms with Gasteiger partial charge in [-0.3, -0.25) is 9.59 Å². The minimum atomic E-state index is -3.63. The number of carbonyl (C=O) groups is 3. The molecule has 2 aromatic rings. The van der Waals surface area contributed by atoms with Gasteiger partial charge in [-0.25, -0.2) is 13.2 Å². The molecule has 0 saturated heterocycles. The summed E-state index contributed by atoms with van der Waals surface area (Å²) in [5.41, 5.74) is 2.22. The Morgan fingerprint density at radius 3 is 2.45 bits per heavy atom. The van der Waals surface area contributed by atoms with Crippen LogP contribution >= 0.6 is 11.3 Å². The summed E-state index contributed by atoms with van der Waals surface area (Å²) in [4.78, 5) is 38.0. The molecule has 10 heteroatoms. The van der Waals surface area contributed by atoms with E-state index in [4.69, 9.17) is 9.47 Å². The maximum atomic E-state index is 12.5. The summed E-state index contributed by atoms with van der Waals surface area (Å²) in [6.07, 6.45) is 3.21. The first-order valence-corrected chi connectivity index (χ1v) is 13.2. The van der Waals surface area contributed by atoms with Crippen molar-refractivity contribution in [3.05, 3.63) is 45.8 Å². The molecule has 0 unspecified atom stereocenters. The van der Waals surface area contributed by atoms with Gasteiger partial charge in [0.25, 0.3) is 5.91 Å². The molecule has 33 heavy (non-hydrogen) atoms. The Balaban J connectivity index is 1.56. The van der Waals surface area contributed by atoms with Crippen LogP contribution in [0.25, 0.3) is 0 Å². The molecule has 1 aliphatic carbocycles. The molecule has 0 fully saturated rings. The van der Waals surface area contributed by atoms with E-state index in [1.54, 1.807) is 19.1 Å². The number of carbonyl (C=O) groups excluding carboxylic acids is 3. The normalized spacial score (nSPS) is 13.2. The van der Waals surface area contributed by atoms with E-state index < -0.39 is 40.0 Å². The third kappa shape index (κ3) is 6.42. The highest BCUT2D eigenvalue weighted by molar-refractivity contribution is 7.91. The molecular formula is C23H27NO7S2. The average molecular weight is 494 g/mol. The Bertz CT molecular complexity index is 1130. The number of amides is 1. The molecule has 1 aliphatic rings. The van der Waals surface area contributed by atoms with Crippen LogP contribution in [0.3, 0.4) is 0 Å². The van der Waals surface area contributed by atoms with Crippen molar-refractivity contribution in [3.8, 4) is 0 Å². The predicted octanol–water partition coefficient (Wildman–Crippen LogP) is 3.46. The van der Waals surface area contributed by atoms with E-state index in [0.717, 1.165) is 41.7 Å². The van der Waals surface area contributed by atoms with Crippen molar-refractivity contribution in [2.24, 2.45) is 0 Å². The zero-order valence-electron chi connectivity index (χ0n) is 18.6. The van der Waals surface area contributed by atoms with Crippen LogP contribution in [0.2, 0.25) is 0 Å². The number of rotatable bonds is 9. The van der Waals surface area contributed by atoms with Crippen LogP contribution in [0, 0.1) is 6.92 Å². The van der Waals surface area contributed by atoms with Gasteiger partial charge < -0.3 is 14.8 Å². The fourth-order valence-electron chi connectivity index (χ4n) is 3.54. The Hall–Kier alpha value is -2.72. The predicted molar refractivity (Wildman–Crippen MR) is 124 cm³/mol. The number of esters is 2. The van der Waals surface area contributed by atoms with Crippen molar-refractivity contribution in [3.63, 3.8) is 0 Å². The third-order valence-corrected chi connectivity index (χ3v) is 8.16. The van der Waals surface area contributed by atoms with E-state index in [9.17, 15) is 22.8 Å². The molecular weight excluding hydrogens is 466 g/mol. The number of fused-ring (bicyclic) bond motifs is 1. The second-order valence-electron chi connectivity index (χ2n) is 7.73. The number of benzene rings is 1. The van der Waals surface area contributed by atoms with Gasteiger partial charge in [0.2, 0.25) is 0 Å². The second-order valence-corrected chi connectivity index (χ2v) is 10.9. The van der Waals surface area contributed by atoms with E-state index in [-0.39, 0.29) is 17.9 Å². The van der Waals surface area contributed by atoms with Gasteiger partial charge >= 0.3 is 11.9 Å². The number of anilines is 1. The zero-order valence-corrected chi connectivity index (χ0v) is 20.3. The summed E-state index contributed by atoms with van der Waals surface area (Å²) in [6, 6.07) is 6.35. The van der Waals surface area contributed by atoms with E-state index in [2.05, 4.69) is 5.32 Å². The lowest BCUT2D eigenvalue weighted by molar-refractivity contribution is -0.146. The average Bonchev–Trinajstić information content (AvgIpc) is 3.14. The van der Waals surface area contributed by atoms with Crippen LogP contribution in [-0.2, 0) is 41.7 Å². The lowest BCUT2D eigenvalue weighted by atomic mass is 9.95. The summed E-state index contributed by atoms with van der Waals surface area (Å²) < 4.78 is 34.8. The van der Waals surface area contributed by atoms with Crippen molar-refractivity contribution >= 4 is 44.0 Å². The Kier molecular flexibility index (Phi) is 8.25. The van der Waals surface area contributed by atoms with Crippen LogP contribution < -0.4 is 5.32 Å². The molecule has 0 atom stereocenters. The third-order valence-electron chi connectivity index (χ3n) is 5.22. The maximum Gasteiger partial charge on any atom is 0.341 e. The fourth-order valence-corrected chi connectivity index (χ4v) is 6.05. The minimum Gasteiger partial charge on any atom is -0.462 e. The summed E-state index contributed by atoms with van der Waals surface area (Å²) in [5.74, 6) is -2.29. The quantitative estimate of drug-likeness (QED) is 0.532. The van der Waals surface area contributed by atoms with E-state index in [1.807, 2.05) is 6.92 Å². The summed E-state index contributed by atoms with van der Waals surface area (Å²) in [6.45, 7) is 3.21. The van der Waals surface area contributed by atoms with Crippen molar-refractivity contribution in [1.29, 1.82) is 0 Å². The Morgan fingerprint density at radius 1 is 1.06 bits per heavy atom. The first kappa shape index (κ1) is 24.9. The smallest absolute Gasteiger partial charge is 0.341 e. The van der Waals surface area contributed by atoms with Crippen molar-refractivity contribution in [2.75, 3.05) is 24.3 Å². The molecule has 1 aromatic carbocycles. The van der Waals surface area contributed by atoms with Gasteiger partial charge in [-0.05, 0) is 57.2 Å². The highest BCUT2D eigenvalue weighted by atomic mass is 32.2. The van der Waals surface area contributed by atoms with Crippen LogP contribution in [0.4, 0.5) is 5.00 Å². The van der Waals surface area contributed by atoms with Gasteiger partial charge in [-0.1, -0.05) is 17.7 Å². The molecule has 3 rings (SSSR count). The number of hydrogen-bond acceptors (Lipinski definition) is 8. The summed E-state index contributed by atoms with van der Waals surface area (Å²) in [7, 11) is -3.63. The van der Waals surface area contributed by atoms with Gasteiger partial charge in [0.05, 0.1) is 29.2 Å². The largest absolute Gasteiger partial charge is 0.462 e. The lowest BCUT2D eigenvalue weighted by Gasteiger charge is -2.12. The maximum absolute atomic E-state index is 12.5. The van der Waals surface area contributed by atoms with Crippen LogP contribution in [-0.4, -0.2) is 45.2 Å². The SMILES string of the molecule is CCOC(=O)c1c(NC(=O)COC(=O)CCS(=O)(=O)c2ccc(C)cc2)sc2c1CCCC2. The number of hydrogen-bond donors (Lipinski definition) is 1. The first-order valence-electron chi connectivity index (χ1n) is 10.8. The van der Waals surface area contributed by atoms with Crippen LogP contribution in [0.1, 0.15) is 52.5 Å². The van der Waals surface area contributed by atoms with Gasteiger partial charge in [0.15, 0.2) is 16.4 Å². The number of nitrogens with one attached hydrogen (secondary N) is 1. The molecule has 0 spiro atoms. The molecule has 8 nitrogen and oxygen atoms in total. The number of thiophene rings is 1. The Morgan fingerprint density at radius 2 is 1.76 bits per heavy atom. The lowest BCUT2D eigenvalue weighted by Crippen LogP contribution is -2.23.